The topological polar surface area (TPSA) is 39.1 Å². The van der Waals surface area contributed by atoms with E-state index in [9.17, 15) is 4.39 Å². The number of rotatable bonds is 3. The lowest BCUT2D eigenvalue weighted by Gasteiger charge is -2.36. The number of likely N-dealkylation sites (tertiary alicyclic amines) is 1. The highest BCUT2D eigenvalue weighted by atomic mass is 19.1. The molecule has 3 rings (SSSR count). The van der Waals surface area contributed by atoms with Crippen LogP contribution in [0.3, 0.4) is 0 Å². The third-order valence-electron chi connectivity index (χ3n) is 4.80. The Bertz CT molecular complexity index is 531. The van der Waals surface area contributed by atoms with Crippen LogP contribution in [-0.4, -0.2) is 30.6 Å². The van der Waals surface area contributed by atoms with Crippen LogP contribution < -0.4 is 5.32 Å². The quantitative estimate of drug-likeness (QED) is 0.929. The van der Waals surface area contributed by atoms with Crippen LogP contribution in [0.1, 0.15) is 36.8 Å². The summed E-state index contributed by atoms with van der Waals surface area (Å²) in [6, 6.07) is 7.68. The highest BCUT2D eigenvalue weighted by Crippen LogP contribution is 2.26. The highest BCUT2D eigenvalue weighted by Gasteiger charge is 2.29. The molecule has 1 N–H and O–H groups in total. The zero-order valence-corrected chi connectivity index (χ0v) is 12.3. The Kier molecular flexibility index (Phi) is 4.52. The number of hydrogen-bond donors (Lipinski definition) is 1. The first kappa shape index (κ1) is 14.5. The molecule has 2 atom stereocenters. The van der Waals surface area contributed by atoms with Crippen molar-refractivity contribution in [3.05, 3.63) is 35.1 Å². The number of nitrogens with zero attached hydrogens (tertiary/aromatic N) is 2. The Labute approximate surface area is 125 Å². The van der Waals surface area contributed by atoms with E-state index in [-0.39, 0.29) is 11.4 Å². The summed E-state index contributed by atoms with van der Waals surface area (Å²) >= 11 is 0. The number of benzene rings is 1. The van der Waals surface area contributed by atoms with E-state index in [2.05, 4.69) is 10.2 Å². The van der Waals surface area contributed by atoms with Crippen LogP contribution in [0.5, 0.6) is 0 Å². The summed E-state index contributed by atoms with van der Waals surface area (Å²) < 4.78 is 14.2. The number of piperidine rings is 1. The van der Waals surface area contributed by atoms with Gasteiger partial charge in [0.1, 0.15) is 11.9 Å². The zero-order valence-electron chi connectivity index (χ0n) is 12.3. The molecule has 2 aliphatic rings. The van der Waals surface area contributed by atoms with Crippen LogP contribution in [0.4, 0.5) is 4.39 Å². The van der Waals surface area contributed by atoms with Gasteiger partial charge in [-0.15, -0.1) is 0 Å². The van der Waals surface area contributed by atoms with E-state index < -0.39 is 0 Å². The number of nitriles is 1. The molecule has 21 heavy (non-hydrogen) atoms. The minimum absolute atomic E-state index is 0.151. The lowest BCUT2D eigenvalue weighted by atomic mass is 9.89. The molecule has 0 aliphatic carbocycles. The molecule has 1 aromatic carbocycles. The molecule has 2 heterocycles. The van der Waals surface area contributed by atoms with Gasteiger partial charge >= 0.3 is 0 Å². The molecule has 0 bridgehead atoms. The van der Waals surface area contributed by atoms with Gasteiger partial charge in [-0.1, -0.05) is 12.1 Å². The monoisotopic (exact) mass is 287 g/mol. The number of halogens is 1. The minimum atomic E-state index is -0.346. The molecule has 4 heteroatoms. The molecule has 3 nitrogen and oxygen atoms in total. The maximum absolute atomic E-state index is 14.2. The van der Waals surface area contributed by atoms with Crippen molar-refractivity contribution in [3.8, 4) is 6.07 Å². The predicted octanol–water partition coefficient (Wildman–Crippen LogP) is 2.66. The van der Waals surface area contributed by atoms with Gasteiger partial charge in [-0.2, -0.15) is 5.26 Å². The average Bonchev–Trinajstić information content (AvgIpc) is 3.04. The second kappa shape index (κ2) is 6.55. The Morgan fingerprint density at radius 1 is 1.33 bits per heavy atom. The van der Waals surface area contributed by atoms with Crippen molar-refractivity contribution in [2.24, 2.45) is 5.92 Å². The lowest BCUT2D eigenvalue weighted by molar-refractivity contribution is 0.144. The summed E-state index contributed by atoms with van der Waals surface area (Å²) in [7, 11) is 0. The van der Waals surface area contributed by atoms with Crippen LogP contribution in [0.15, 0.2) is 18.2 Å². The van der Waals surface area contributed by atoms with E-state index in [4.69, 9.17) is 5.26 Å². The predicted molar refractivity (Wildman–Crippen MR) is 80.1 cm³/mol. The third-order valence-corrected chi connectivity index (χ3v) is 4.80. The van der Waals surface area contributed by atoms with Gasteiger partial charge in [0.15, 0.2) is 0 Å². The summed E-state index contributed by atoms with van der Waals surface area (Å²) in [4.78, 5) is 2.34. The van der Waals surface area contributed by atoms with E-state index in [0.29, 0.717) is 24.1 Å². The molecular weight excluding hydrogens is 265 g/mol. The molecule has 0 radical (unpaired) electrons. The Hall–Kier alpha value is -1.44. The SMILES string of the molecule is N#Cc1cccc(CN2CCCC(C3CCCN3)C2)c1F. The average molecular weight is 287 g/mol. The largest absolute Gasteiger partial charge is 0.314 e. The molecule has 1 aromatic rings. The Morgan fingerprint density at radius 3 is 3.00 bits per heavy atom. The van der Waals surface area contributed by atoms with Gasteiger partial charge in [-0.05, 0) is 50.8 Å². The summed E-state index contributed by atoms with van der Waals surface area (Å²) in [5.74, 6) is 0.338. The number of hydrogen-bond acceptors (Lipinski definition) is 3. The Morgan fingerprint density at radius 2 is 2.24 bits per heavy atom. The first-order valence-electron chi connectivity index (χ1n) is 7.91. The summed E-state index contributed by atoms with van der Waals surface area (Å²) in [5, 5.41) is 12.5. The van der Waals surface area contributed by atoms with Crippen molar-refractivity contribution in [1.82, 2.24) is 10.2 Å². The van der Waals surface area contributed by atoms with Gasteiger partial charge in [0.2, 0.25) is 0 Å². The van der Waals surface area contributed by atoms with E-state index >= 15 is 0 Å². The van der Waals surface area contributed by atoms with E-state index in [1.165, 1.54) is 25.7 Å². The van der Waals surface area contributed by atoms with Gasteiger partial charge in [-0.25, -0.2) is 4.39 Å². The highest BCUT2D eigenvalue weighted by molar-refractivity contribution is 5.34. The van der Waals surface area contributed by atoms with Crippen LogP contribution in [0, 0.1) is 23.1 Å². The van der Waals surface area contributed by atoms with Gasteiger partial charge < -0.3 is 5.32 Å². The van der Waals surface area contributed by atoms with Crippen molar-refractivity contribution in [1.29, 1.82) is 5.26 Å². The fourth-order valence-electron chi connectivity index (χ4n) is 3.71. The van der Waals surface area contributed by atoms with Crippen LogP contribution in [-0.2, 0) is 6.54 Å². The van der Waals surface area contributed by atoms with Crippen molar-refractivity contribution in [2.45, 2.75) is 38.3 Å². The van der Waals surface area contributed by atoms with E-state index in [0.717, 1.165) is 19.6 Å². The van der Waals surface area contributed by atoms with Gasteiger partial charge in [0.25, 0.3) is 0 Å². The standard InChI is InChI=1S/C17H22FN3/c18-17-13(10-19)4-1-5-15(17)12-21-9-3-6-14(11-21)16-7-2-8-20-16/h1,4-5,14,16,20H,2-3,6-9,11-12H2. The second-order valence-electron chi connectivity index (χ2n) is 6.23. The smallest absolute Gasteiger partial charge is 0.145 e. The van der Waals surface area contributed by atoms with Crippen LogP contribution >= 0.6 is 0 Å². The van der Waals surface area contributed by atoms with Crippen LogP contribution in [0.25, 0.3) is 0 Å². The molecule has 0 aromatic heterocycles. The molecule has 2 saturated heterocycles. The normalized spacial score (nSPS) is 26.7. The van der Waals surface area contributed by atoms with Gasteiger partial charge in [-0.3, -0.25) is 4.90 Å². The molecule has 0 amide bonds. The third kappa shape index (κ3) is 3.25. The molecule has 2 aliphatic heterocycles. The molecule has 2 fully saturated rings. The summed E-state index contributed by atoms with van der Waals surface area (Å²) in [5.41, 5.74) is 0.799. The second-order valence-corrected chi connectivity index (χ2v) is 6.23. The zero-order chi connectivity index (χ0) is 14.7. The minimum Gasteiger partial charge on any atom is -0.314 e. The lowest BCUT2D eigenvalue weighted by Crippen LogP contribution is -2.43. The molecule has 2 unspecified atom stereocenters. The molecule has 0 saturated carbocycles. The molecular formula is C17H22FN3. The molecule has 112 valence electrons. The van der Waals surface area contributed by atoms with Crippen molar-refractivity contribution >= 4 is 0 Å². The van der Waals surface area contributed by atoms with E-state index in [1.54, 1.807) is 18.2 Å². The van der Waals surface area contributed by atoms with Crippen molar-refractivity contribution in [2.75, 3.05) is 19.6 Å². The maximum atomic E-state index is 14.2. The van der Waals surface area contributed by atoms with Crippen molar-refractivity contribution < 1.29 is 4.39 Å². The summed E-state index contributed by atoms with van der Waals surface area (Å²) in [6.45, 7) is 3.82. The van der Waals surface area contributed by atoms with Crippen molar-refractivity contribution in [3.63, 3.8) is 0 Å². The molecule has 0 spiro atoms. The fraction of sp³-hybridized carbons (Fsp3) is 0.588. The van der Waals surface area contributed by atoms with E-state index in [1.807, 2.05) is 6.07 Å². The fourth-order valence-corrected chi connectivity index (χ4v) is 3.71. The maximum Gasteiger partial charge on any atom is 0.145 e. The van der Waals surface area contributed by atoms with Gasteiger partial charge in [0.05, 0.1) is 5.56 Å². The van der Waals surface area contributed by atoms with Crippen LogP contribution in [0.2, 0.25) is 0 Å². The first-order valence-corrected chi connectivity index (χ1v) is 7.91. The Balaban J connectivity index is 1.66. The first-order chi connectivity index (χ1) is 10.3. The van der Waals surface area contributed by atoms with Gasteiger partial charge in [0, 0.05) is 24.7 Å². The summed E-state index contributed by atoms with van der Waals surface area (Å²) in [6.07, 6.45) is 5.01. The number of nitrogens with one attached hydrogen (secondary N) is 1.